The minimum atomic E-state index is 0.409. The number of hydrogen-bond acceptors (Lipinski definition) is 2. The molecule has 1 saturated heterocycles. The van der Waals surface area contributed by atoms with E-state index >= 15 is 0 Å². The molecule has 1 fully saturated rings. The second-order valence-electron chi connectivity index (χ2n) is 6.24. The lowest BCUT2D eigenvalue weighted by molar-refractivity contribution is 0.133. The van der Waals surface area contributed by atoms with E-state index in [4.69, 9.17) is 0 Å². The highest BCUT2D eigenvalue weighted by Crippen LogP contribution is 2.17. The normalized spacial score (nSPS) is 18.7. The van der Waals surface area contributed by atoms with Crippen molar-refractivity contribution in [1.29, 1.82) is 0 Å². The van der Waals surface area contributed by atoms with Crippen molar-refractivity contribution < 1.29 is 0 Å². The average molecular weight is 260 g/mol. The first-order chi connectivity index (χ1) is 9.15. The van der Waals surface area contributed by atoms with Crippen LogP contribution in [-0.2, 0) is 6.42 Å². The summed E-state index contributed by atoms with van der Waals surface area (Å²) in [4.78, 5) is 0. The molecule has 0 bridgehead atoms. The third kappa shape index (κ3) is 4.63. The van der Waals surface area contributed by atoms with Crippen LogP contribution in [0.4, 0.5) is 0 Å². The summed E-state index contributed by atoms with van der Waals surface area (Å²) >= 11 is 0. The first-order valence-corrected chi connectivity index (χ1v) is 7.75. The molecule has 2 rings (SSSR count). The van der Waals surface area contributed by atoms with Gasteiger partial charge in [0, 0.05) is 19.1 Å². The van der Waals surface area contributed by atoms with E-state index in [0.29, 0.717) is 6.04 Å². The van der Waals surface area contributed by atoms with Gasteiger partial charge in [0.2, 0.25) is 0 Å². The van der Waals surface area contributed by atoms with Crippen molar-refractivity contribution in [2.75, 3.05) is 13.1 Å². The third-order valence-corrected chi connectivity index (χ3v) is 3.86. The van der Waals surface area contributed by atoms with Crippen LogP contribution < -0.4 is 5.43 Å². The van der Waals surface area contributed by atoms with E-state index in [2.05, 4.69) is 55.5 Å². The minimum Gasteiger partial charge on any atom is -0.248 e. The molecule has 0 radical (unpaired) electrons. The third-order valence-electron chi connectivity index (χ3n) is 3.86. The van der Waals surface area contributed by atoms with Gasteiger partial charge in [-0.05, 0) is 43.2 Å². The van der Waals surface area contributed by atoms with Crippen LogP contribution in [0.25, 0.3) is 0 Å². The lowest BCUT2D eigenvalue weighted by Gasteiger charge is -2.30. The van der Waals surface area contributed by atoms with Gasteiger partial charge >= 0.3 is 0 Å². The van der Waals surface area contributed by atoms with Gasteiger partial charge in [-0.1, -0.05) is 44.5 Å². The molecule has 2 nitrogen and oxygen atoms in total. The molecule has 1 aliphatic heterocycles. The Kier molecular flexibility index (Phi) is 5.41. The second-order valence-corrected chi connectivity index (χ2v) is 6.24. The Hall–Kier alpha value is -0.860. The maximum Gasteiger partial charge on any atom is 0.0436 e. The Balaban J connectivity index is 1.89. The van der Waals surface area contributed by atoms with Crippen LogP contribution in [0.3, 0.4) is 0 Å². The molecule has 2 heteroatoms. The lowest BCUT2D eigenvalue weighted by Crippen LogP contribution is -2.42. The van der Waals surface area contributed by atoms with Gasteiger partial charge in [-0.3, -0.25) is 0 Å². The summed E-state index contributed by atoms with van der Waals surface area (Å²) in [7, 11) is 0. The molecular formula is C17H28N2. The standard InChI is InChI=1S/C17H28N2/c1-14(2)13-16-7-9-17(10-8-16)15(3)18-19-11-5-4-6-12-19/h7-10,14-15,18H,4-6,11-13H2,1-3H3. The number of piperidine rings is 1. The van der Waals surface area contributed by atoms with Gasteiger partial charge in [0.05, 0.1) is 0 Å². The van der Waals surface area contributed by atoms with Crippen LogP contribution >= 0.6 is 0 Å². The van der Waals surface area contributed by atoms with Gasteiger partial charge in [0.25, 0.3) is 0 Å². The van der Waals surface area contributed by atoms with Gasteiger partial charge in [0.15, 0.2) is 0 Å². The molecule has 1 aromatic rings. The Morgan fingerprint density at radius 1 is 1.00 bits per heavy atom. The summed E-state index contributed by atoms with van der Waals surface area (Å²) in [5.41, 5.74) is 6.46. The molecule has 1 N–H and O–H groups in total. The van der Waals surface area contributed by atoms with Crippen molar-refractivity contribution in [3.8, 4) is 0 Å². The fraction of sp³-hybridized carbons (Fsp3) is 0.647. The molecule has 106 valence electrons. The topological polar surface area (TPSA) is 15.3 Å². The van der Waals surface area contributed by atoms with Crippen molar-refractivity contribution in [3.05, 3.63) is 35.4 Å². The van der Waals surface area contributed by atoms with Crippen LogP contribution in [-0.4, -0.2) is 18.1 Å². The first kappa shape index (κ1) is 14.5. The molecule has 1 aliphatic rings. The van der Waals surface area contributed by atoms with Crippen LogP contribution in [0.5, 0.6) is 0 Å². The number of nitrogens with zero attached hydrogens (tertiary/aromatic N) is 1. The quantitative estimate of drug-likeness (QED) is 0.862. The molecule has 0 aliphatic carbocycles. The number of hydrogen-bond donors (Lipinski definition) is 1. The van der Waals surface area contributed by atoms with Crippen LogP contribution in [0, 0.1) is 5.92 Å². The molecule has 1 heterocycles. The summed E-state index contributed by atoms with van der Waals surface area (Å²) < 4.78 is 0. The van der Waals surface area contributed by atoms with Gasteiger partial charge in [-0.25, -0.2) is 10.4 Å². The summed E-state index contributed by atoms with van der Waals surface area (Å²) in [6.07, 6.45) is 5.21. The second kappa shape index (κ2) is 7.06. The predicted octanol–water partition coefficient (Wildman–Crippen LogP) is 3.94. The average Bonchev–Trinajstić information content (AvgIpc) is 2.40. The molecule has 0 aromatic heterocycles. The van der Waals surface area contributed by atoms with Crippen molar-refractivity contribution in [2.24, 2.45) is 5.92 Å². The van der Waals surface area contributed by atoms with Crippen molar-refractivity contribution >= 4 is 0 Å². The zero-order valence-electron chi connectivity index (χ0n) is 12.7. The van der Waals surface area contributed by atoms with Gasteiger partial charge in [-0.2, -0.15) is 0 Å². The van der Waals surface area contributed by atoms with Crippen LogP contribution in [0.1, 0.15) is 57.2 Å². The van der Waals surface area contributed by atoms with Crippen molar-refractivity contribution in [2.45, 2.75) is 52.5 Å². The summed E-state index contributed by atoms with van der Waals surface area (Å²) in [6.45, 7) is 9.18. The van der Waals surface area contributed by atoms with E-state index in [1.54, 1.807) is 0 Å². The van der Waals surface area contributed by atoms with Crippen molar-refractivity contribution in [1.82, 2.24) is 10.4 Å². The van der Waals surface area contributed by atoms with Crippen molar-refractivity contribution in [3.63, 3.8) is 0 Å². The van der Waals surface area contributed by atoms with Gasteiger partial charge in [0.1, 0.15) is 0 Å². The number of hydrazine groups is 1. The molecule has 1 atom stereocenters. The molecule has 0 amide bonds. The van der Waals surface area contributed by atoms with E-state index in [9.17, 15) is 0 Å². The molecule has 0 saturated carbocycles. The highest BCUT2D eigenvalue weighted by atomic mass is 15.5. The van der Waals surface area contributed by atoms with Crippen LogP contribution in [0.15, 0.2) is 24.3 Å². The first-order valence-electron chi connectivity index (χ1n) is 7.75. The fourth-order valence-electron chi connectivity index (χ4n) is 2.79. The highest BCUT2D eigenvalue weighted by Gasteiger charge is 2.13. The van der Waals surface area contributed by atoms with Crippen LogP contribution in [0.2, 0.25) is 0 Å². The maximum atomic E-state index is 3.63. The minimum absolute atomic E-state index is 0.409. The van der Waals surface area contributed by atoms with Gasteiger partial charge < -0.3 is 0 Å². The van der Waals surface area contributed by atoms with E-state index in [1.807, 2.05) is 0 Å². The fourth-order valence-corrected chi connectivity index (χ4v) is 2.79. The number of nitrogens with one attached hydrogen (secondary N) is 1. The summed E-state index contributed by atoms with van der Waals surface area (Å²) in [5.74, 6) is 0.731. The molecule has 1 unspecified atom stereocenters. The zero-order chi connectivity index (χ0) is 13.7. The Morgan fingerprint density at radius 3 is 2.21 bits per heavy atom. The van der Waals surface area contributed by atoms with E-state index in [0.717, 1.165) is 5.92 Å². The Labute approximate surface area is 118 Å². The number of benzene rings is 1. The summed E-state index contributed by atoms with van der Waals surface area (Å²) in [5, 5.41) is 2.39. The largest absolute Gasteiger partial charge is 0.248 e. The van der Waals surface area contributed by atoms with Gasteiger partial charge in [-0.15, -0.1) is 0 Å². The molecule has 1 aromatic carbocycles. The highest BCUT2D eigenvalue weighted by molar-refractivity contribution is 5.24. The van der Waals surface area contributed by atoms with E-state index in [-0.39, 0.29) is 0 Å². The maximum absolute atomic E-state index is 3.63. The Morgan fingerprint density at radius 2 is 1.63 bits per heavy atom. The smallest absolute Gasteiger partial charge is 0.0436 e. The number of rotatable bonds is 5. The molecular weight excluding hydrogens is 232 g/mol. The molecule has 0 spiro atoms. The predicted molar refractivity (Wildman–Crippen MR) is 82.0 cm³/mol. The van der Waals surface area contributed by atoms with E-state index < -0.39 is 0 Å². The van der Waals surface area contributed by atoms with E-state index in [1.165, 1.54) is 49.9 Å². The lowest BCUT2D eigenvalue weighted by atomic mass is 10.00. The monoisotopic (exact) mass is 260 g/mol. The molecule has 19 heavy (non-hydrogen) atoms. The SMILES string of the molecule is CC(C)Cc1ccc(C(C)NN2CCCCC2)cc1. The summed E-state index contributed by atoms with van der Waals surface area (Å²) in [6, 6.07) is 9.53. The zero-order valence-corrected chi connectivity index (χ0v) is 12.7. The Bertz CT molecular complexity index is 363.